The Balaban J connectivity index is 3.64. The lowest BCUT2D eigenvalue weighted by molar-refractivity contribution is -0.384. The average molecular weight is 387 g/mol. The average Bonchev–Trinajstić information content (AvgIpc) is 2.53. The summed E-state index contributed by atoms with van der Waals surface area (Å²) in [5, 5.41) is 10.7. The molecule has 0 spiro atoms. The third kappa shape index (κ3) is 5.84. The number of hydrogen-bond acceptors (Lipinski definition) is 9. The molecule has 0 aliphatic rings. The predicted molar refractivity (Wildman–Crippen MR) is 89.2 cm³/mol. The largest absolute Gasteiger partial charge is 0.462 e. The molecule has 0 aliphatic carbocycles. The molecule has 0 saturated carbocycles. The molecule has 0 atom stereocenters. The van der Waals surface area contributed by atoms with Gasteiger partial charge in [0, 0.05) is 17.7 Å². The third-order valence-electron chi connectivity index (χ3n) is 2.76. The third-order valence-corrected chi connectivity index (χ3v) is 3.23. The van der Waals surface area contributed by atoms with Gasteiger partial charge in [0.25, 0.3) is 5.69 Å². The first-order valence-electron chi connectivity index (χ1n) is 7.33. The van der Waals surface area contributed by atoms with Crippen molar-refractivity contribution < 1.29 is 36.6 Å². The second-order valence-electron chi connectivity index (χ2n) is 4.74. The molecule has 0 radical (unpaired) electrons. The highest BCUT2D eigenvalue weighted by atomic mass is 32.2. The summed E-state index contributed by atoms with van der Waals surface area (Å²) in [4.78, 5) is 34.4. The lowest BCUT2D eigenvalue weighted by Gasteiger charge is -2.13. The van der Waals surface area contributed by atoms with Crippen molar-refractivity contribution >= 4 is 33.5 Å². The fraction of sp³-hybridized carbons (Fsp3) is 0.333. The van der Waals surface area contributed by atoms with Gasteiger partial charge in [-0.1, -0.05) is 0 Å². The number of esters is 2. The molecule has 0 unspecified atom stereocenters. The van der Waals surface area contributed by atoms with Crippen molar-refractivity contribution in [3.05, 3.63) is 45.5 Å². The van der Waals surface area contributed by atoms with E-state index in [0.29, 0.717) is 6.26 Å². The molecule has 0 aromatic heterocycles. The van der Waals surface area contributed by atoms with Crippen molar-refractivity contribution in [3.63, 3.8) is 0 Å². The number of hydrogen-bond donors (Lipinski definition) is 0. The van der Waals surface area contributed by atoms with Crippen molar-refractivity contribution in [2.45, 2.75) is 13.8 Å². The number of nitro benzene ring substituents is 1. The second kappa shape index (κ2) is 8.94. The zero-order valence-corrected chi connectivity index (χ0v) is 15.1. The van der Waals surface area contributed by atoms with Crippen molar-refractivity contribution in [3.8, 4) is 0 Å². The van der Waals surface area contributed by atoms with Crippen molar-refractivity contribution in [1.82, 2.24) is 0 Å². The molecule has 0 aliphatic heterocycles. The number of rotatable bonds is 8. The molecule has 0 bridgehead atoms. The molecular formula is C15H17NO9S. The Morgan fingerprint density at radius 2 is 1.50 bits per heavy atom. The van der Waals surface area contributed by atoms with E-state index in [-0.39, 0.29) is 24.5 Å². The van der Waals surface area contributed by atoms with Gasteiger partial charge in [-0.2, -0.15) is 8.42 Å². The smallest absolute Gasteiger partial charge is 0.349 e. The van der Waals surface area contributed by atoms with E-state index >= 15 is 0 Å². The van der Waals surface area contributed by atoms with Gasteiger partial charge < -0.3 is 13.7 Å². The van der Waals surface area contributed by atoms with E-state index in [9.17, 15) is 28.1 Å². The van der Waals surface area contributed by atoms with Crippen LogP contribution in [0.2, 0.25) is 0 Å². The van der Waals surface area contributed by atoms with Crippen LogP contribution in [0.5, 0.6) is 0 Å². The van der Waals surface area contributed by atoms with Gasteiger partial charge in [0.15, 0.2) is 11.3 Å². The van der Waals surface area contributed by atoms with Crippen LogP contribution in [0.25, 0.3) is 5.76 Å². The zero-order chi connectivity index (χ0) is 19.9. The molecule has 142 valence electrons. The normalized spacial score (nSPS) is 10.6. The Labute approximate surface area is 149 Å². The van der Waals surface area contributed by atoms with Crippen LogP contribution in [0.15, 0.2) is 29.8 Å². The summed E-state index contributed by atoms with van der Waals surface area (Å²) in [5.41, 5.74) is -1.11. The minimum Gasteiger partial charge on any atom is -0.462 e. The molecule has 1 aromatic rings. The Bertz CT molecular complexity index is 805. The summed E-state index contributed by atoms with van der Waals surface area (Å²) >= 11 is 0. The van der Waals surface area contributed by atoms with Gasteiger partial charge in [0.05, 0.1) is 24.4 Å². The van der Waals surface area contributed by atoms with E-state index in [4.69, 9.17) is 13.7 Å². The number of carbonyl (C=O) groups excluding carboxylic acids is 2. The molecule has 26 heavy (non-hydrogen) atoms. The number of nitrogens with zero attached hydrogens (tertiary/aromatic N) is 1. The van der Waals surface area contributed by atoms with Crippen LogP contribution in [0, 0.1) is 10.1 Å². The molecule has 0 amide bonds. The van der Waals surface area contributed by atoms with Crippen LogP contribution < -0.4 is 0 Å². The minimum atomic E-state index is -4.15. The van der Waals surface area contributed by atoms with Crippen LogP contribution in [0.4, 0.5) is 5.69 Å². The summed E-state index contributed by atoms with van der Waals surface area (Å²) in [7, 11) is -4.15. The van der Waals surface area contributed by atoms with E-state index in [2.05, 4.69) is 0 Å². The maximum absolute atomic E-state index is 12.2. The lowest BCUT2D eigenvalue weighted by atomic mass is 10.1. The first kappa shape index (κ1) is 21.1. The van der Waals surface area contributed by atoms with Gasteiger partial charge in [-0.25, -0.2) is 9.59 Å². The first-order chi connectivity index (χ1) is 12.1. The van der Waals surface area contributed by atoms with Crippen LogP contribution in [0.1, 0.15) is 19.4 Å². The van der Waals surface area contributed by atoms with Gasteiger partial charge in [-0.3, -0.25) is 10.1 Å². The van der Waals surface area contributed by atoms with E-state index in [0.717, 1.165) is 24.3 Å². The quantitative estimate of drug-likeness (QED) is 0.0946. The summed E-state index contributed by atoms with van der Waals surface area (Å²) in [6.45, 7) is 2.80. The van der Waals surface area contributed by atoms with Crippen molar-refractivity contribution in [2.24, 2.45) is 0 Å². The second-order valence-corrected chi connectivity index (χ2v) is 6.31. The maximum Gasteiger partial charge on any atom is 0.349 e. The summed E-state index contributed by atoms with van der Waals surface area (Å²) in [5.74, 6) is -2.94. The zero-order valence-electron chi connectivity index (χ0n) is 14.3. The monoisotopic (exact) mass is 387 g/mol. The fourth-order valence-electron chi connectivity index (χ4n) is 1.80. The van der Waals surface area contributed by atoms with Crippen LogP contribution in [0.3, 0.4) is 0 Å². The van der Waals surface area contributed by atoms with Crippen molar-refractivity contribution in [1.29, 1.82) is 0 Å². The maximum atomic E-state index is 12.2. The Kier molecular flexibility index (Phi) is 7.26. The van der Waals surface area contributed by atoms with Gasteiger partial charge in [0.2, 0.25) is 0 Å². The Hall–Kier alpha value is -2.95. The van der Waals surface area contributed by atoms with Crippen LogP contribution in [-0.2, 0) is 33.4 Å². The van der Waals surface area contributed by atoms with Gasteiger partial charge >= 0.3 is 22.1 Å². The van der Waals surface area contributed by atoms with Crippen LogP contribution >= 0.6 is 0 Å². The summed E-state index contributed by atoms with van der Waals surface area (Å²) in [6, 6.07) is 4.40. The highest BCUT2D eigenvalue weighted by Gasteiger charge is 2.30. The molecule has 10 nitrogen and oxygen atoms in total. The topological polar surface area (TPSA) is 139 Å². The molecule has 11 heteroatoms. The Morgan fingerprint density at radius 3 is 1.85 bits per heavy atom. The first-order valence-corrected chi connectivity index (χ1v) is 9.15. The predicted octanol–water partition coefficient (Wildman–Crippen LogP) is 1.41. The summed E-state index contributed by atoms with van der Waals surface area (Å²) in [6.07, 6.45) is 0.715. The SMILES string of the molecule is CCOC(=O)C(C(=O)OCC)=C(OS(C)(=O)=O)c1ccc([N+](=O)[O-])cc1. The highest BCUT2D eigenvalue weighted by molar-refractivity contribution is 7.86. The Morgan fingerprint density at radius 1 is 1.04 bits per heavy atom. The van der Waals surface area contributed by atoms with E-state index < -0.39 is 38.3 Å². The van der Waals surface area contributed by atoms with E-state index in [1.165, 1.54) is 13.8 Å². The van der Waals surface area contributed by atoms with E-state index in [1.807, 2.05) is 0 Å². The van der Waals surface area contributed by atoms with Gasteiger partial charge in [0.1, 0.15) is 0 Å². The summed E-state index contributed by atoms with van der Waals surface area (Å²) < 4.78 is 37.5. The van der Waals surface area contributed by atoms with Gasteiger partial charge in [-0.05, 0) is 26.0 Å². The number of ether oxygens (including phenoxy) is 2. The number of nitro groups is 1. The molecule has 0 N–H and O–H groups in total. The van der Waals surface area contributed by atoms with E-state index in [1.54, 1.807) is 0 Å². The molecule has 1 rings (SSSR count). The van der Waals surface area contributed by atoms with Crippen molar-refractivity contribution in [2.75, 3.05) is 19.5 Å². The standard InChI is InChI=1S/C15H17NO9S/c1-4-23-14(17)12(15(18)24-5-2)13(25-26(3,21)22)10-6-8-11(9-7-10)16(19)20/h6-9H,4-5H2,1-3H3. The molecule has 0 saturated heterocycles. The number of benzene rings is 1. The molecule has 0 heterocycles. The molecule has 1 aromatic carbocycles. The molecular weight excluding hydrogens is 370 g/mol. The van der Waals surface area contributed by atoms with Gasteiger partial charge in [-0.15, -0.1) is 0 Å². The number of carbonyl (C=O) groups is 2. The number of non-ortho nitro benzene ring substituents is 1. The fourth-order valence-corrected chi connectivity index (χ4v) is 2.28. The molecule has 0 fully saturated rings. The highest BCUT2D eigenvalue weighted by Crippen LogP contribution is 2.26. The lowest BCUT2D eigenvalue weighted by Crippen LogP contribution is -2.22. The minimum absolute atomic E-state index is 0.0582. The van der Waals surface area contributed by atoms with Crippen LogP contribution in [-0.4, -0.2) is 44.7 Å².